The molecule has 5 aliphatic rings. The number of carbonyl (C=O) groups excluding carboxylic acids is 1. The normalized spacial score (nSPS) is 27.8. The Bertz CT molecular complexity index is 991. The van der Waals surface area contributed by atoms with Crippen molar-refractivity contribution in [3.63, 3.8) is 0 Å². The summed E-state index contributed by atoms with van der Waals surface area (Å²) in [4.78, 5) is 22.2. The van der Waals surface area contributed by atoms with E-state index in [1.165, 1.54) is 18.5 Å². The third kappa shape index (κ3) is 3.66. The maximum absolute atomic E-state index is 13.3. The minimum absolute atomic E-state index is 0.0788. The molecule has 170 valence electrons. The predicted octanol–water partition coefficient (Wildman–Crippen LogP) is 1.39. The second kappa shape index (κ2) is 7.91. The Balaban J connectivity index is 1.23. The van der Waals surface area contributed by atoms with Crippen LogP contribution in [0, 0.1) is 0 Å². The van der Waals surface area contributed by atoms with Crippen LogP contribution in [0.15, 0.2) is 27.9 Å². The molecule has 10 nitrogen and oxygen atoms in total. The van der Waals surface area contributed by atoms with E-state index in [0.717, 1.165) is 69.1 Å². The van der Waals surface area contributed by atoms with E-state index < -0.39 is 0 Å². The number of amides is 1. The summed E-state index contributed by atoms with van der Waals surface area (Å²) in [6.07, 6.45) is 9.28. The number of hydrogen-bond acceptors (Lipinski definition) is 8. The fourth-order valence-electron chi connectivity index (χ4n) is 5.18. The largest absolute Gasteiger partial charge is 0.339 e. The van der Waals surface area contributed by atoms with Crippen LogP contribution in [0.2, 0.25) is 0 Å². The summed E-state index contributed by atoms with van der Waals surface area (Å²) in [6, 6.07) is 1.94. The number of aromatic amines is 1. The van der Waals surface area contributed by atoms with Crippen molar-refractivity contribution in [1.82, 2.24) is 25.0 Å². The van der Waals surface area contributed by atoms with E-state index in [0.29, 0.717) is 18.4 Å². The van der Waals surface area contributed by atoms with Crippen molar-refractivity contribution < 1.29 is 4.79 Å². The van der Waals surface area contributed by atoms with Crippen LogP contribution in [-0.4, -0.2) is 81.0 Å². The quantitative estimate of drug-likeness (QED) is 0.658. The molecule has 6 rings (SSSR count). The molecule has 1 aliphatic carbocycles. The van der Waals surface area contributed by atoms with Crippen molar-refractivity contribution in [2.75, 3.05) is 31.5 Å². The highest BCUT2D eigenvalue weighted by molar-refractivity contribution is 6.14. The van der Waals surface area contributed by atoms with Crippen molar-refractivity contribution in [2.45, 2.75) is 62.9 Å². The Morgan fingerprint density at radius 2 is 2.03 bits per heavy atom. The number of anilines is 1. The number of nitrogens with two attached hydrogens (primary N) is 1. The van der Waals surface area contributed by atoms with Gasteiger partial charge in [0.15, 0.2) is 11.7 Å². The van der Waals surface area contributed by atoms with Gasteiger partial charge in [0.2, 0.25) is 11.9 Å². The van der Waals surface area contributed by atoms with Gasteiger partial charge in [-0.2, -0.15) is 10.1 Å². The molecular weight excluding hydrogens is 406 g/mol. The van der Waals surface area contributed by atoms with E-state index in [2.05, 4.69) is 32.6 Å². The Hall–Kier alpha value is -2.88. The van der Waals surface area contributed by atoms with Crippen molar-refractivity contribution in [2.24, 2.45) is 15.8 Å². The molecule has 1 amide bonds. The number of nitrogens with zero attached hydrogens (tertiary/aromatic N) is 6. The topological polar surface area (TPSA) is 118 Å². The summed E-state index contributed by atoms with van der Waals surface area (Å²) < 4.78 is 0. The number of piperidine rings is 1. The summed E-state index contributed by atoms with van der Waals surface area (Å²) in [5.74, 6) is 2.91. The lowest BCUT2D eigenvalue weighted by Gasteiger charge is -2.36. The molecule has 4 N–H and O–H groups in total. The van der Waals surface area contributed by atoms with Crippen molar-refractivity contribution in [3.8, 4) is 0 Å². The number of likely N-dealkylation sites (tertiary alicyclic amines) is 2. The van der Waals surface area contributed by atoms with Crippen LogP contribution in [0.1, 0.15) is 56.6 Å². The Morgan fingerprint density at radius 3 is 2.88 bits per heavy atom. The molecule has 0 spiro atoms. The summed E-state index contributed by atoms with van der Waals surface area (Å²) in [6.45, 7) is 3.04. The molecular formula is C22H31N9O. The van der Waals surface area contributed by atoms with Gasteiger partial charge in [-0.3, -0.25) is 14.9 Å². The van der Waals surface area contributed by atoms with Gasteiger partial charge in [-0.1, -0.05) is 6.08 Å². The van der Waals surface area contributed by atoms with Gasteiger partial charge in [-0.05, 0) is 44.9 Å². The number of amidine groups is 1. The molecule has 2 saturated heterocycles. The maximum atomic E-state index is 13.3. The highest BCUT2D eigenvalue weighted by Gasteiger charge is 2.39. The van der Waals surface area contributed by atoms with Gasteiger partial charge in [-0.25, -0.2) is 0 Å². The number of guanidine groups is 1. The van der Waals surface area contributed by atoms with Gasteiger partial charge < -0.3 is 20.9 Å². The van der Waals surface area contributed by atoms with Crippen LogP contribution >= 0.6 is 0 Å². The van der Waals surface area contributed by atoms with Crippen LogP contribution in [-0.2, 0) is 4.79 Å². The maximum Gasteiger partial charge on any atom is 0.245 e. The minimum Gasteiger partial charge on any atom is -0.339 e. The number of aliphatic imine (C=N–C) groups is 1. The fourth-order valence-corrected chi connectivity index (χ4v) is 5.18. The van der Waals surface area contributed by atoms with Crippen LogP contribution in [0.5, 0.6) is 0 Å². The molecule has 1 unspecified atom stereocenters. The first kappa shape index (κ1) is 19.8. The second-order valence-electron chi connectivity index (χ2n) is 9.51. The van der Waals surface area contributed by atoms with Gasteiger partial charge in [0.25, 0.3) is 0 Å². The van der Waals surface area contributed by atoms with Gasteiger partial charge in [0.05, 0.1) is 5.70 Å². The number of nitrogens with one attached hydrogen (secondary N) is 2. The lowest BCUT2D eigenvalue weighted by Crippen LogP contribution is -2.53. The molecule has 1 aromatic rings. The molecule has 32 heavy (non-hydrogen) atoms. The number of rotatable bonds is 3. The van der Waals surface area contributed by atoms with E-state index in [4.69, 9.17) is 15.8 Å². The smallest absolute Gasteiger partial charge is 0.245 e. The molecule has 4 aliphatic heterocycles. The van der Waals surface area contributed by atoms with Gasteiger partial charge in [0, 0.05) is 49.9 Å². The number of fused-ring (bicyclic) bond motifs is 1. The molecule has 10 heteroatoms. The van der Waals surface area contributed by atoms with Gasteiger partial charge in [-0.15, -0.1) is 5.10 Å². The molecule has 0 radical (unpaired) electrons. The van der Waals surface area contributed by atoms with Crippen LogP contribution in [0.25, 0.3) is 0 Å². The second-order valence-corrected chi connectivity index (χ2v) is 9.51. The third-order valence-electron chi connectivity index (χ3n) is 7.05. The lowest BCUT2D eigenvalue weighted by molar-refractivity contribution is -0.136. The average Bonchev–Trinajstić information content (AvgIpc) is 3.19. The monoisotopic (exact) mass is 437 g/mol. The minimum atomic E-state index is -0.218. The Morgan fingerprint density at radius 1 is 1.16 bits per heavy atom. The molecule has 1 saturated carbocycles. The zero-order valence-corrected chi connectivity index (χ0v) is 18.3. The summed E-state index contributed by atoms with van der Waals surface area (Å²) >= 11 is 0. The van der Waals surface area contributed by atoms with Gasteiger partial charge in [0.1, 0.15) is 6.04 Å². The zero-order valence-electron chi connectivity index (χ0n) is 18.3. The fraction of sp³-hybridized carbons (Fsp3) is 0.636. The van der Waals surface area contributed by atoms with E-state index >= 15 is 0 Å². The van der Waals surface area contributed by atoms with Crippen LogP contribution < -0.4 is 11.1 Å². The van der Waals surface area contributed by atoms with Crippen molar-refractivity contribution in [3.05, 3.63) is 23.5 Å². The van der Waals surface area contributed by atoms with Crippen molar-refractivity contribution in [1.29, 1.82) is 0 Å². The average molecular weight is 438 g/mol. The first-order valence-electron chi connectivity index (χ1n) is 11.9. The molecule has 3 fully saturated rings. The SMILES string of the molecule is NC1CCCN(C(=O)[C@@H]2CCCN2C2=NN3CCC=C3C(Nc3cc(C4CC4)[nH]n3)=N2)C1. The number of carbonyl (C=O) groups is 1. The van der Waals surface area contributed by atoms with Crippen molar-refractivity contribution >= 4 is 23.5 Å². The summed E-state index contributed by atoms with van der Waals surface area (Å²) in [5.41, 5.74) is 8.29. The number of hydrazone groups is 1. The molecule has 1 aromatic heterocycles. The molecule has 2 atom stereocenters. The first-order valence-corrected chi connectivity index (χ1v) is 11.9. The van der Waals surface area contributed by atoms with Gasteiger partial charge >= 0.3 is 0 Å². The Labute approximate surface area is 187 Å². The van der Waals surface area contributed by atoms with E-state index in [1.54, 1.807) is 0 Å². The summed E-state index contributed by atoms with van der Waals surface area (Å²) in [5, 5.41) is 17.8. The molecule has 5 heterocycles. The Kier molecular flexibility index (Phi) is 4.89. The van der Waals surface area contributed by atoms with Crippen LogP contribution in [0.3, 0.4) is 0 Å². The highest BCUT2D eigenvalue weighted by Crippen LogP contribution is 2.39. The number of aromatic nitrogens is 2. The van der Waals surface area contributed by atoms with Crippen LogP contribution in [0.4, 0.5) is 5.82 Å². The molecule has 0 aromatic carbocycles. The molecule has 0 bridgehead atoms. The predicted molar refractivity (Wildman–Crippen MR) is 122 cm³/mol. The standard InChI is InChI=1S/C22H31N9O/c23-15-4-1-9-29(13-15)21(32)18-6-2-10-30(18)22-25-20(17-5-3-11-31(17)28-22)24-19-12-16(26-27-19)14-7-8-14/h5,12,14-15,18H,1-4,6-11,13,23H2,(H2,24,25,26,27,28)/t15?,18-/m0/s1. The number of H-pyrrole nitrogens is 1. The summed E-state index contributed by atoms with van der Waals surface area (Å²) in [7, 11) is 0. The zero-order chi connectivity index (χ0) is 21.7. The van der Waals surface area contributed by atoms with E-state index in [-0.39, 0.29) is 18.0 Å². The lowest BCUT2D eigenvalue weighted by atomic mass is 10.0. The number of hydrogen-bond donors (Lipinski definition) is 3. The third-order valence-corrected chi connectivity index (χ3v) is 7.05. The highest BCUT2D eigenvalue weighted by atomic mass is 16.2. The first-order chi connectivity index (χ1) is 15.7. The van der Waals surface area contributed by atoms with E-state index in [1.807, 2.05) is 9.91 Å². The van der Waals surface area contributed by atoms with E-state index in [9.17, 15) is 4.79 Å².